The first-order chi connectivity index (χ1) is 14.0. The predicted octanol–water partition coefficient (Wildman–Crippen LogP) is 5.01. The molecule has 1 aromatic heterocycles. The molecule has 2 amide bonds. The van der Waals surface area contributed by atoms with Crippen LogP contribution in [0.2, 0.25) is 0 Å². The molecule has 7 nitrogen and oxygen atoms in total. The summed E-state index contributed by atoms with van der Waals surface area (Å²) < 4.78 is 5.23. The molecule has 0 radical (unpaired) electrons. The van der Waals surface area contributed by atoms with Crippen molar-refractivity contribution in [3.05, 3.63) is 45.6 Å². The maximum atomic E-state index is 12.4. The lowest BCUT2D eigenvalue weighted by Gasteiger charge is -2.20. The van der Waals surface area contributed by atoms with Crippen LogP contribution < -0.4 is 16.4 Å². The van der Waals surface area contributed by atoms with Crippen LogP contribution in [0.25, 0.3) is 0 Å². The number of hydrogen-bond donors (Lipinski definition) is 4. The van der Waals surface area contributed by atoms with Gasteiger partial charge in [0.2, 0.25) is 0 Å². The Balaban J connectivity index is 2.11. The van der Waals surface area contributed by atoms with Gasteiger partial charge in [-0.15, -0.1) is 11.3 Å². The van der Waals surface area contributed by atoms with Gasteiger partial charge in [0.1, 0.15) is 5.60 Å². The van der Waals surface area contributed by atoms with Crippen LogP contribution in [0.5, 0.6) is 0 Å². The van der Waals surface area contributed by atoms with Gasteiger partial charge in [-0.1, -0.05) is 13.8 Å². The number of nitrogens with one attached hydrogen (secondary N) is 3. The molecule has 1 aromatic carbocycles. The number of carbonyl (C=O) groups excluding carboxylic acids is 2. The molecule has 0 fully saturated rings. The largest absolute Gasteiger partial charge is 0.444 e. The second-order valence-electron chi connectivity index (χ2n) is 7.99. The molecule has 0 aliphatic heterocycles. The van der Waals surface area contributed by atoms with E-state index in [-0.39, 0.29) is 17.7 Å². The molecule has 30 heavy (non-hydrogen) atoms. The molecule has 0 saturated heterocycles. The molecule has 1 heterocycles. The summed E-state index contributed by atoms with van der Waals surface area (Å²) in [6.45, 7) is 9.42. The van der Waals surface area contributed by atoms with Gasteiger partial charge < -0.3 is 15.8 Å². The minimum Gasteiger partial charge on any atom is -0.444 e. The summed E-state index contributed by atoms with van der Waals surface area (Å²) in [5, 5.41) is 15.9. The molecule has 0 aliphatic rings. The number of ether oxygens (including phenoxy) is 1. The van der Waals surface area contributed by atoms with Gasteiger partial charge in [-0.25, -0.2) is 4.79 Å². The lowest BCUT2D eigenvalue weighted by atomic mass is 10.0. The van der Waals surface area contributed by atoms with Gasteiger partial charge in [0.25, 0.3) is 5.91 Å². The van der Waals surface area contributed by atoms with E-state index in [4.69, 9.17) is 15.9 Å². The maximum Gasteiger partial charge on any atom is 0.412 e. The van der Waals surface area contributed by atoms with Crippen LogP contribution in [0, 0.1) is 5.41 Å². The van der Waals surface area contributed by atoms with Crippen molar-refractivity contribution in [3.63, 3.8) is 0 Å². The molecule has 5 N–H and O–H groups in total. The highest BCUT2D eigenvalue weighted by Gasteiger charge is 2.18. The van der Waals surface area contributed by atoms with Crippen LogP contribution >= 0.6 is 11.3 Å². The third kappa shape index (κ3) is 6.32. The molecule has 2 aromatic rings. The van der Waals surface area contributed by atoms with Crippen LogP contribution in [0.3, 0.4) is 0 Å². The van der Waals surface area contributed by atoms with E-state index in [0.717, 1.165) is 12.8 Å². The topological polar surface area (TPSA) is 117 Å². The molecule has 0 unspecified atom stereocenters. The molecular weight excluding hydrogens is 400 g/mol. The van der Waals surface area contributed by atoms with Crippen LogP contribution in [-0.2, 0) is 4.74 Å². The van der Waals surface area contributed by atoms with Gasteiger partial charge in [0, 0.05) is 33.9 Å². The molecule has 0 aliphatic carbocycles. The highest BCUT2D eigenvalue weighted by molar-refractivity contribution is 7.12. The van der Waals surface area contributed by atoms with E-state index in [2.05, 4.69) is 10.6 Å². The lowest BCUT2D eigenvalue weighted by molar-refractivity contribution is 0.0635. The number of hydrogen-bond acceptors (Lipinski definition) is 6. The standard InChI is InChI=1S/C22H30N4O3S/c1-6-14(7-2)25-20(27)18-10-13(12-30-18)19(24)16-9-8-15(11-17(16)23)26-21(28)29-22(3,4)5/h8-12,14,24H,6-7,23H2,1-5H3,(H,25,27)(H,26,28). The first-order valence-corrected chi connectivity index (χ1v) is 10.8. The lowest BCUT2D eigenvalue weighted by Crippen LogP contribution is -2.33. The molecule has 0 saturated carbocycles. The van der Waals surface area contributed by atoms with Crippen LogP contribution in [0.4, 0.5) is 16.2 Å². The number of amides is 2. The van der Waals surface area contributed by atoms with Crippen molar-refractivity contribution in [3.8, 4) is 0 Å². The molecule has 2 rings (SSSR count). The third-order valence-electron chi connectivity index (χ3n) is 4.40. The van der Waals surface area contributed by atoms with Gasteiger partial charge >= 0.3 is 6.09 Å². The highest BCUT2D eigenvalue weighted by Crippen LogP contribution is 2.24. The number of benzene rings is 1. The Kier molecular flexibility index (Phi) is 7.61. The predicted molar refractivity (Wildman–Crippen MR) is 123 cm³/mol. The second-order valence-corrected chi connectivity index (χ2v) is 8.90. The molecule has 0 atom stereocenters. The van der Waals surface area contributed by atoms with E-state index in [1.807, 2.05) is 13.8 Å². The summed E-state index contributed by atoms with van der Waals surface area (Å²) in [7, 11) is 0. The molecule has 0 bridgehead atoms. The first-order valence-electron chi connectivity index (χ1n) is 9.92. The SMILES string of the molecule is CCC(CC)NC(=O)c1cc(C(=N)c2ccc(NC(=O)OC(C)(C)C)cc2N)cs1. The van der Waals surface area contributed by atoms with Crippen LogP contribution in [-0.4, -0.2) is 29.4 Å². The van der Waals surface area contributed by atoms with Gasteiger partial charge in [-0.05, 0) is 57.9 Å². The smallest absolute Gasteiger partial charge is 0.412 e. The van der Waals surface area contributed by atoms with Gasteiger partial charge in [-0.3, -0.25) is 15.5 Å². The molecule has 162 valence electrons. The number of anilines is 2. The Morgan fingerprint density at radius 2 is 1.87 bits per heavy atom. The van der Waals surface area contributed by atoms with E-state index >= 15 is 0 Å². The van der Waals surface area contributed by atoms with Crippen molar-refractivity contribution in [1.82, 2.24) is 5.32 Å². The summed E-state index contributed by atoms with van der Waals surface area (Å²) in [4.78, 5) is 24.9. The number of nitrogen functional groups attached to an aromatic ring is 1. The minimum atomic E-state index is -0.602. The summed E-state index contributed by atoms with van der Waals surface area (Å²) >= 11 is 1.30. The van der Waals surface area contributed by atoms with Crippen molar-refractivity contribution < 1.29 is 14.3 Å². The van der Waals surface area contributed by atoms with E-state index in [1.54, 1.807) is 50.4 Å². The normalized spacial score (nSPS) is 11.3. The van der Waals surface area contributed by atoms with E-state index in [0.29, 0.717) is 27.4 Å². The van der Waals surface area contributed by atoms with Gasteiger partial charge in [-0.2, -0.15) is 0 Å². The summed E-state index contributed by atoms with van der Waals surface area (Å²) in [6, 6.07) is 6.77. The van der Waals surface area contributed by atoms with Crippen molar-refractivity contribution in [2.75, 3.05) is 11.1 Å². The van der Waals surface area contributed by atoms with E-state index in [1.165, 1.54) is 11.3 Å². The second kappa shape index (κ2) is 9.75. The van der Waals surface area contributed by atoms with Crippen LogP contribution in [0.15, 0.2) is 29.6 Å². The van der Waals surface area contributed by atoms with Crippen molar-refractivity contribution in [1.29, 1.82) is 5.41 Å². The zero-order valence-corrected chi connectivity index (χ0v) is 18.9. The van der Waals surface area contributed by atoms with E-state index < -0.39 is 11.7 Å². The Labute approximate surface area is 181 Å². The quantitative estimate of drug-likeness (QED) is 0.365. The fourth-order valence-electron chi connectivity index (χ4n) is 2.78. The monoisotopic (exact) mass is 430 g/mol. The fourth-order valence-corrected chi connectivity index (χ4v) is 3.58. The Morgan fingerprint density at radius 1 is 1.20 bits per heavy atom. The number of rotatable bonds is 7. The summed E-state index contributed by atoms with van der Waals surface area (Å²) in [5.74, 6) is -0.127. The van der Waals surface area contributed by atoms with Crippen molar-refractivity contribution >= 4 is 40.4 Å². The molecule has 0 spiro atoms. The van der Waals surface area contributed by atoms with Crippen molar-refractivity contribution in [2.24, 2.45) is 0 Å². The zero-order chi connectivity index (χ0) is 22.5. The maximum absolute atomic E-state index is 12.4. The third-order valence-corrected chi connectivity index (χ3v) is 5.33. The highest BCUT2D eigenvalue weighted by atomic mass is 32.1. The Bertz CT molecular complexity index is 927. The summed E-state index contributed by atoms with van der Waals surface area (Å²) in [6.07, 6.45) is 1.17. The zero-order valence-electron chi connectivity index (χ0n) is 18.1. The minimum absolute atomic E-state index is 0.127. The molecule has 8 heteroatoms. The fraction of sp³-hybridized carbons (Fsp3) is 0.409. The first kappa shape index (κ1) is 23.4. The van der Waals surface area contributed by atoms with Gasteiger partial charge in [0.15, 0.2) is 0 Å². The summed E-state index contributed by atoms with van der Waals surface area (Å²) in [5.41, 5.74) is 7.71. The number of thiophene rings is 1. The average molecular weight is 431 g/mol. The Morgan fingerprint density at radius 3 is 2.43 bits per heavy atom. The molecular formula is C22H30N4O3S. The van der Waals surface area contributed by atoms with Gasteiger partial charge in [0.05, 0.1) is 10.6 Å². The van der Waals surface area contributed by atoms with Crippen molar-refractivity contribution in [2.45, 2.75) is 59.1 Å². The Hall–Kier alpha value is -2.87. The van der Waals surface area contributed by atoms with Crippen LogP contribution in [0.1, 0.15) is 68.3 Å². The van der Waals surface area contributed by atoms with E-state index in [9.17, 15) is 9.59 Å². The number of carbonyl (C=O) groups is 2. The average Bonchev–Trinajstić information content (AvgIpc) is 3.14. The number of nitrogens with two attached hydrogens (primary N) is 1.